The Morgan fingerprint density at radius 1 is 1.25 bits per heavy atom. The Morgan fingerprint density at radius 3 is 3.00 bits per heavy atom. The molecule has 16 heavy (non-hydrogen) atoms. The van der Waals surface area contributed by atoms with E-state index in [1.807, 2.05) is 12.1 Å². The van der Waals surface area contributed by atoms with Crippen LogP contribution in [0.25, 0.3) is 0 Å². The summed E-state index contributed by atoms with van der Waals surface area (Å²) in [6.07, 6.45) is 6.06. The van der Waals surface area contributed by atoms with Crippen molar-refractivity contribution < 1.29 is 9.84 Å². The number of aliphatic hydroxyl groups excluding tert-OH is 1. The van der Waals surface area contributed by atoms with Crippen LogP contribution in [-0.4, -0.2) is 11.7 Å². The third-order valence-electron chi connectivity index (χ3n) is 3.46. The molecule has 1 aliphatic heterocycles. The molecule has 1 aromatic rings. The second kappa shape index (κ2) is 3.95. The van der Waals surface area contributed by atoms with Gasteiger partial charge in [0.05, 0.1) is 6.61 Å². The lowest BCUT2D eigenvalue weighted by atomic mass is 9.98. The van der Waals surface area contributed by atoms with Crippen LogP contribution in [0.15, 0.2) is 29.8 Å². The topological polar surface area (TPSA) is 29.5 Å². The number of fused-ring (bicyclic) bond motifs is 1. The third kappa shape index (κ3) is 1.63. The van der Waals surface area contributed by atoms with Gasteiger partial charge >= 0.3 is 0 Å². The molecule has 2 aliphatic rings. The summed E-state index contributed by atoms with van der Waals surface area (Å²) in [7, 11) is 0. The molecule has 1 unspecified atom stereocenters. The molecule has 84 valence electrons. The maximum Gasteiger partial charge on any atom is 0.122 e. The van der Waals surface area contributed by atoms with Crippen LogP contribution in [-0.2, 0) is 6.42 Å². The van der Waals surface area contributed by atoms with Crippen LogP contribution in [0.1, 0.15) is 36.5 Å². The SMILES string of the molecule is OC(C1=CCCC1)c1ccc2c(c1)CCO2. The van der Waals surface area contributed by atoms with Crippen molar-refractivity contribution in [2.24, 2.45) is 0 Å². The highest BCUT2D eigenvalue weighted by Gasteiger charge is 2.19. The predicted molar refractivity (Wildman–Crippen MR) is 62.5 cm³/mol. The first kappa shape index (κ1) is 9.91. The average molecular weight is 216 g/mol. The van der Waals surface area contributed by atoms with Crippen LogP contribution in [0.2, 0.25) is 0 Å². The van der Waals surface area contributed by atoms with Gasteiger partial charge < -0.3 is 9.84 Å². The molecule has 0 aromatic heterocycles. The summed E-state index contributed by atoms with van der Waals surface area (Å²) in [5.74, 6) is 0.983. The Morgan fingerprint density at radius 2 is 2.19 bits per heavy atom. The smallest absolute Gasteiger partial charge is 0.122 e. The number of hydrogen-bond acceptors (Lipinski definition) is 2. The summed E-state index contributed by atoms with van der Waals surface area (Å²) in [5, 5.41) is 10.2. The lowest BCUT2D eigenvalue weighted by Crippen LogP contribution is -2.00. The molecule has 1 aromatic carbocycles. The molecule has 2 nitrogen and oxygen atoms in total. The lowest BCUT2D eigenvalue weighted by molar-refractivity contribution is 0.212. The van der Waals surface area contributed by atoms with Crippen molar-refractivity contribution in [1.29, 1.82) is 0 Å². The average Bonchev–Trinajstić information content (AvgIpc) is 2.98. The van der Waals surface area contributed by atoms with Crippen LogP contribution in [0, 0.1) is 0 Å². The lowest BCUT2D eigenvalue weighted by Gasteiger charge is -2.13. The first-order chi connectivity index (χ1) is 7.84. The number of aliphatic hydroxyl groups is 1. The fraction of sp³-hybridized carbons (Fsp3) is 0.429. The van der Waals surface area contributed by atoms with E-state index >= 15 is 0 Å². The second-order valence-electron chi connectivity index (χ2n) is 4.54. The molecule has 0 saturated carbocycles. The molecule has 1 heterocycles. The maximum absolute atomic E-state index is 10.2. The van der Waals surface area contributed by atoms with Crippen molar-refractivity contribution in [3.05, 3.63) is 41.0 Å². The Balaban J connectivity index is 1.89. The molecule has 0 radical (unpaired) electrons. The molecule has 0 fully saturated rings. The van der Waals surface area contributed by atoms with E-state index in [2.05, 4.69) is 12.1 Å². The van der Waals surface area contributed by atoms with Gasteiger partial charge in [-0.3, -0.25) is 0 Å². The van der Waals surface area contributed by atoms with Crippen LogP contribution in [0.3, 0.4) is 0 Å². The molecular formula is C14H16O2. The second-order valence-corrected chi connectivity index (χ2v) is 4.54. The summed E-state index contributed by atoms with van der Waals surface area (Å²) in [6.45, 7) is 0.775. The van der Waals surface area contributed by atoms with E-state index in [1.165, 1.54) is 17.6 Å². The monoisotopic (exact) mass is 216 g/mol. The van der Waals surface area contributed by atoms with Gasteiger partial charge in [0, 0.05) is 6.42 Å². The Labute approximate surface area is 95.6 Å². The number of ether oxygens (including phenoxy) is 1. The van der Waals surface area contributed by atoms with Crippen LogP contribution < -0.4 is 4.74 Å². The van der Waals surface area contributed by atoms with Crippen LogP contribution in [0.4, 0.5) is 0 Å². The summed E-state index contributed by atoms with van der Waals surface area (Å²) in [6, 6.07) is 6.05. The van der Waals surface area contributed by atoms with Gasteiger partial charge in [-0.05, 0) is 48.1 Å². The normalized spacial score (nSPS) is 20.2. The Bertz CT molecular complexity index is 434. The van der Waals surface area contributed by atoms with E-state index in [9.17, 15) is 5.11 Å². The zero-order valence-electron chi connectivity index (χ0n) is 9.28. The van der Waals surface area contributed by atoms with Crippen LogP contribution in [0.5, 0.6) is 5.75 Å². The molecule has 1 N–H and O–H groups in total. The Kier molecular flexibility index (Phi) is 2.44. The highest BCUT2D eigenvalue weighted by atomic mass is 16.5. The zero-order valence-corrected chi connectivity index (χ0v) is 9.28. The zero-order chi connectivity index (χ0) is 11.0. The first-order valence-corrected chi connectivity index (χ1v) is 5.97. The largest absolute Gasteiger partial charge is 0.493 e. The van der Waals surface area contributed by atoms with Crippen LogP contribution >= 0.6 is 0 Å². The summed E-state index contributed by atoms with van der Waals surface area (Å²) < 4.78 is 5.46. The van der Waals surface area contributed by atoms with Crippen molar-refractivity contribution in [2.75, 3.05) is 6.61 Å². The van der Waals surface area contributed by atoms with Gasteiger partial charge in [0.2, 0.25) is 0 Å². The van der Waals surface area contributed by atoms with E-state index in [0.29, 0.717) is 0 Å². The quantitative estimate of drug-likeness (QED) is 0.770. The minimum Gasteiger partial charge on any atom is -0.493 e. The van der Waals surface area contributed by atoms with E-state index < -0.39 is 6.10 Å². The maximum atomic E-state index is 10.2. The molecular weight excluding hydrogens is 200 g/mol. The molecule has 2 heteroatoms. The molecule has 0 saturated heterocycles. The minimum absolute atomic E-state index is 0.409. The van der Waals surface area contributed by atoms with Gasteiger partial charge in [0.1, 0.15) is 11.9 Å². The van der Waals surface area contributed by atoms with Gasteiger partial charge in [0.15, 0.2) is 0 Å². The molecule has 1 aliphatic carbocycles. The van der Waals surface area contributed by atoms with E-state index in [1.54, 1.807) is 0 Å². The molecule has 0 spiro atoms. The van der Waals surface area contributed by atoms with Crippen molar-refractivity contribution in [1.82, 2.24) is 0 Å². The fourth-order valence-electron chi connectivity index (χ4n) is 2.53. The fourth-order valence-corrected chi connectivity index (χ4v) is 2.53. The third-order valence-corrected chi connectivity index (χ3v) is 3.46. The van der Waals surface area contributed by atoms with Gasteiger partial charge in [-0.2, -0.15) is 0 Å². The molecule has 1 atom stereocenters. The molecule has 0 bridgehead atoms. The minimum atomic E-state index is -0.409. The predicted octanol–water partition coefficient (Wildman–Crippen LogP) is 2.77. The van der Waals surface area contributed by atoms with Crippen molar-refractivity contribution in [2.45, 2.75) is 31.8 Å². The van der Waals surface area contributed by atoms with Gasteiger partial charge in [-0.1, -0.05) is 12.1 Å². The molecule has 0 amide bonds. The first-order valence-electron chi connectivity index (χ1n) is 5.97. The highest BCUT2D eigenvalue weighted by Crippen LogP contribution is 2.34. The molecule has 3 rings (SSSR count). The number of benzene rings is 1. The summed E-state index contributed by atoms with van der Waals surface area (Å²) in [5.41, 5.74) is 3.42. The summed E-state index contributed by atoms with van der Waals surface area (Å²) >= 11 is 0. The highest BCUT2D eigenvalue weighted by molar-refractivity contribution is 5.42. The standard InChI is InChI=1S/C14H16O2/c15-14(10-3-1-2-4-10)12-5-6-13-11(9-12)7-8-16-13/h3,5-6,9,14-15H,1-2,4,7-8H2. The van der Waals surface area contributed by atoms with E-state index in [0.717, 1.165) is 37.2 Å². The van der Waals surface area contributed by atoms with Gasteiger partial charge in [-0.25, -0.2) is 0 Å². The van der Waals surface area contributed by atoms with Crippen molar-refractivity contribution in [3.8, 4) is 5.75 Å². The van der Waals surface area contributed by atoms with E-state index in [4.69, 9.17) is 4.74 Å². The van der Waals surface area contributed by atoms with Crippen molar-refractivity contribution >= 4 is 0 Å². The Hall–Kier alpha value is -1.28. The number of allylic oxidation sites excluding steroid dienone is 1. The number of hydrogen-bond donors (Lipinski definition) is 1. The number of rotatable bonds is 2. The van der Waals surface area contributed by atoms with Crippen molar-refractivity contribution in [3.63, 3.8) is 0 Å². The van der Waals surface area contributed by atoms with E-state index in [-0.39, 0.29) is 0 Å². The van der Waals surface area contributed by atoms with Gasteiger partial charge in [-0.15, -0.1) is 0 Å². The van der Waals surface area contributed by atoms with Gasteiger partial charge in [0.25, 0.3) is 0 Å². The summed E-state index contributed by atoms with van der Waals surface area (Å²) in [4.78, 5) is 0.